The number of hydrogen-bond donors (Lipinski definition) is 1. The first kappa shape index (κ1) is 16.0. The van der Waals surface area contributed by atoms with Crippen LogP contribution in [0.15, 0.2) is 30.3 Å². The molecule has 2 fully saturated rings. The third-order valence-electron chi connectivity index (χ3n) is 5.66. The van der Waals surface area contributed by atoms with Gasteiger partial charge in [-0.1, -0.05) is 56.5 Å². The lowest BCUT2D eigenvalue weighted by atomic mass is 9.86. The van der Waals surface area contributed by atoms with Gasteiger partial charge in [-0.15, -0.1) is 0 Å². The number of rotatable bonds is 5. The van der Waals surface area contributed by atoms with E-state index in [0.29, 0.717) is 12.0 Å². The zero-order chi connectivity index (χ0) is 15.2. The molecule has 0 bridgehead atoms. The number of likely N-dealkylation sites (N-methyl/N-ethyl adjacent to an activating group) is 1. The van der Waals surface area contributed by atoms with Crippen LogP contribution in [0.25, 0.3) is 0 Å². The third kappa shape index (κ3) is 4.33. The lowest BCUT2D eigenvalue weighted by Crippen LogP contribution is -2.49. The van der Waals surface area contributed by atoms with E-state index in [1.165, 1.54) is 70.3 Å². The van der Waals surface area contributed by atoms with Crippen molar-refractivity contribution in [3.05, 3.63) is 35.9 Å². The normalized spacial score (nSPS) is 27.9. The fraction of sp³-hybridized carbons (Fsp3) is 0.700. The largest absolute Gasteiger partial charge is 0.312 e. The summed E-state index contributed by atoms with van der Waals surface area (Å²) in [5, 5.41) is 3.91. The van der Waals surface area contributed by atoms with E-state index >= 15 is 0 Å². The Balaban J connectivity index is 1.56. The van der Waals surface area contributed by atoms with E-state index < -0.39 is 0 Å². The highest BCUT2D eigenvalue weighted by molar-refractivity contribution is 5.21. The molecule has 0 spiro atoms. The molecule has 0 aromatic heterocycles. The van der Waals surface area contributed by atoms with Gasteiger partial charge in [0.15, 0.2) is 0 Å². The topological polar surface area (TPSA) is 15.3 Å². The number of piperidine rings is 1. The Morgan fingerprint density at radius 1 is 1.05 bits per heavy atom. The Hall–Kier alpha value is -0.860. The van der Waals surface area contributed by atoms with Gasteiger partial charge in [0.05, 0.1) is 0 Å². The molecule has 3 rings (SSSR count). The molecule has 0 radical (unpaired) electrons. The average Bonchev–Trinajstić information content (AvgIpc) is 2.61. The predicted octanol–water partition coefficient (Wildman–Crippen LogP) is 4.03. The molecule has 2 aliphatic rings. The number of nitrogens with zero attached hydrogens (tertiary/aromatic N) is 1. The van der Waals surface area contributed by atoms with Gasteiger partial charge in [-0.05, 0) is 49.8 Å². The lowest BCUT2D eigenvalue weighted by molar-refractivity contribution is 0.172. The maximum atomic E-state index is 3.91. The molecule has 1 aromatic rings. The molecule has 1 saturated heterocycles. The average molecular weight is 300 g/mol. The highest BCUT2D eigenvalue weighted by Gasteiger charge is 2.27. The minimum atomic E-state index is 0.667. The van der Waals surface area contributed by atoms with Crippen LogP contribution in [0.4, 0.5) is 0 Å². The Kier molecular flexibility index (Phi) is 5.91. The second-order valence-corrected chi connectivity index (χ2v) is 7.30. The quantitative estimate of drug-likeness (QED) is 0.883. The van der Waals surface area contributed by atoms with Crippen LogP contribution in [0.3, 0.4) is 0 Å². The van der Waals surface area contributed by atoms with Crippen molar-refractivity contribution in [2.45, 2.75) is 57.4 Å². The van der Waals surface area contributed by atoms with Crippen LogP contribution < -0.4 is 5.32 Å². The second kappa shape index (κ2) is 8.12. The molecule has 1 saturated carbocycles. The minimum absolute atomic E-state index is 0.667. The van der Waals surface area contributed by atoms with E-state index in [2.05, 4.69) is 47.5 Å². The van der Waals surface area contributed by atoms with Crippen LogP contribution in [0.2, 0.25) is 0 Å². The summed E-state index contributed by atoms with van der Waals surface area (Å²) in [5.41, 5.74) is 1.52. The number of benzene rings is 1. The Bertz CT molecular complexity index is 425. The number of likely N-dealkylation sites (tertiary alicyclic amines) is 1. The van der Waals surface area contributed by atoms with Gasteiger partial charge in [-0.2, -0.15) is 0 Å². The second-order valence-electron chi connectivity index (χ2n) is 7.30. The maximum Gasteiger partial charge on any atom is 0.0201 e. The van der Waals surface area contributed by atoms with Gasteiger partial charge in [0.25, 0.3) is 0 Å². The van der Waals surface area contributed by atoms with Crippen molar-refractivity contribution in [1.82, 2.24) is 10.2 Å². The summed E-state index contributed by atoms with van der Waals surface area (Å²) >= 11 is 0. The van der Waals surface area contributed by atoms with Gasteiger partial charge in [0.1, 0.15) is 0 Å². The van der Waals surface area contributed by atoms with Crippen molar-refractivity contribution >= 4 is 0 Å². The zero-order valence-corrected chi connectivity index (χ0v) is 14.1. The fourth-order valence-corrected chi connectivity index (χ4v) is 4.29. The zero-order valence-electron chi connectivity index (χ0n) is 14.1. The molecule has 1 aliphatic carbocycles. The molecule has 0 amide bonds. The van der Waals surface area contributed by atoms with Crippen LogP contribution in [0.5, 0.6) is 0 Å². The van der Waals surface area contributed by atoms with Gasteiger partial charge in [-0.3, -0.25) is 0 Å². The Morgan fingerprint density at radius 3 is 2.55 bits per heavy atom. The summed E-state index contributed by atoms with van der Waals surface area (Å²) in [6.07, 6.45) is 8.54. The standard InChI is InChI=1S/C20H32N2/c1-2-22-15-19(18-11-7-4-8-12-18)13-20(16-22)21-14-17-9-5-3-6-10-17/h4,7-8,11-12,17,19-21H,2-3,5-6,9-10,13-16H2,1H3. The van der Waals surface area contributed by atoms with E-state index in [-0.39, 0.29) is 0 Å². The summed E-state index contributed by atoms with van der Waals surface area (Å²) < 4.78 is 0. The highest BCUT2D eigenvalue weighted by atomic mass is 15.2. The Morgan fingerprint density at radius 2 is 1.82 bits per heavy atom. The van der Waals surface area contributed by atoms with Gasteiger partial charge in [0, 0.05) is 19.1 Å². The highest BCUT2D eigenvalue weighted by Crippen LogP contribution is 2.28. The summed E-state index contributed by atoms with van der Waals surface area (Å²) in [6, 6.07) is 11.8. The molecular weight excluding hydrogens is 268 g/mol. The summed E-state index contributed by atoms with van der Waals surface area (Å²) in [6.45, 7) is 7.16. The SMILES string of the molecule is CCN1CC(NCC2CCCCC2)CC(c2ccccc2)C1. The smallest absolute Gasteiger partial charge is 0.0201 e. The molecule has 22 heavy (non-hydrogen) atoms. The van der Waals surface area contributed by atoms with Crippen molar-refractivity contribution in [3.8, 4) is 0 Å². The van der Waals surface area contributed by atoms with Crippen LogP contribution in [0, 0.1) is 5.92 Å². The Labute approximate surface area is 136 Å². The first-order valence-corrected chi connectivity index (χ1v) is 9.36. The molecule has 2 nitrogen and oxygen atoms in total. The summed E-state index contributed by atoms with van der Waals surface area (Å²) in [7, 11) is 0. The molecule has 1 aromatic carbocycles. The number of hydrogen-bond acceptors (Lipinski definition) is 2. The molecular formula is C20H32N2. The summed E-state index contributed by atoms with van der Waals surface area (Å²) in [5.74, 6) is 1.62. The van der Waals surface area contributed by atoms with E-state index in [1.54, 1.807) is 0 Å². The van der Waals surface area contributed by atoms with Crippen molar-refractivity contribution in [1.29, 1.82) is 0 Å². The van der Waals surface area contributed by atoms with Crippen LogP contribution in [-0.2, 0) is 0 Å². The van der Waals surface area contributed by atoms with E-state index in [0.717, 1.165) is 5.92 Å². The third-order valence-corrected chi connectivity index (χ3v) is 5.66. The van der Waals surface area contributed by atoms with E-state index in [9.17, 15) is 0 Å². The van der Waals surface area contributed by atoms with Crippen molar-refractivity contribution in [2.24, 2.45) is 5.92 Å². The maximum absolute atomic E-state index is 3.91. The molecule has 2 atom stereocenters. The van der Waals surface area contributed by atoms with Gasteiger partial charge < -0.3 is 10.2 Å². The molecule has 122 valence electrons. The summed E-state index contributed by atoms with van der Waals surface area (Å²) in [4.78, 5) is 2.62. The molecule has 1 heterocycles. The van der Waals surface area contributed by atoms with Gasteiger partial charge >= 0.3 is 0 Å². The molecule has 1 N–H and O–H groups in total. The molecule has 2 unspecified atom stereocenters. The van der Waals surface area contributed by atoms with Crippen LogP contribution in [0.1, 0.15) is 56.9 Å². The monoisotopic (exact) mass is 300 g/mol. The van der Waals surface area contributed by atoms with Gasteiger partial charge in [-0.25, -0.2) is 0 Å². The van der Waals surface area contributed by atoms with Crippen LogP contribution >= 0.6 is 0 Å². The lowest BCUT2D eigenvalue weighted by Gasteiger charge is -2.38. The first-order chi connectivity index (χ1) is 10.8. The van der Waals surface area contributed by atoms with Crippen molar-refractivity contribution < 1.29 is 0 Å². The molecule has 1 aliphatic heterocycles. The first-order valence-electron chi connectivity index (χ1n) is 9.36. The van der Waals surface area contributed by atoms with E-state index in [1.807, 2.05) is 0 Å². The van der Waals surface area contributed by atoms with Crippen molar-refractivity contribution in [3.63, 3.8) is 0 Å². The van der Waals surface area contributed by atoms with Gasteiger partial charge in [0.2, 0.25) is 0 Å². The number of nitrogens with one attached hydrogen (secondary N) is 1. The fourth-order valence-electron chi connectivity index (χ4n) is 4.29. The van der Waals surface area contributed by atoms with Crippen LogP contribution in [-0.4, -0.2) is 37.1 Å². The minimum Gasteiger partial charge on any atom is -0.312 e. The predicted molar refractivity (Wildman–Crippen MR) is 94.3 cm³/mol. The molecule has 2 heteroatoms. The van der Waals surface area contributed by atoms with Crippen molar-refractivity contribution in [2.75, 3.05) is 26.2 Å². The van der Waals surface area contributed by atoms with E-state index in [4.69, 9.17) is 0 Å².